The standard InChI is InChI=1S/C14H24ClNS/c1-4-5-6-7-8-9-12(16-3)13-10-11(2)14(15)17-13/h10,12,16H,4-9H2,1-3H3. The Morgan fingerprint density at radius 1 is 1.29 bits per heavy atom. The quantitative estimate of drug-likeness (QED) is 0.631. The molecule has 1 N–H and O–H groups in total. The third-order valence-corrected chi connectivity index (χ3v) is 4.83. The molecule has 98 valence electrons. The van der Waals surface area contributed by atoms with Crippen molar-refractivity contribution < 1.29 is 0 Å². The molecule has 1 rings (SSSR count). The molecule has 0 radical (unpaired) electrons. The maximum atomic E-state index is 6.12. The van der Waals surface area contributed by atoms with Gasteiger partial charge in [0.25, 0.3) is 0 Å². The first-order valence-corrected chi connectivity index (χ1v) is 7.81. The Morgan fingerprint density at radius 3 is 2.53 bits per heavy atom. The zero-order valence-electron chi connectivity index (χ0n) is 11.2. The molecular weight excluding hydrogens is 250 g/mol. The molecule has 1 aromatic heterocycles. The van der Waals surface area contributed by atoms with Crippen molar-refractivity contribution in [2.45, 2.75) is 58.4 Å². The monoisotopic (exact) mass is 273 g/mol. The summed E-state index contributed by atoms with van der Waals surface area (Å²) < 4.78 is 0.936. The lowest BCUT2D eigenvalue weighted by Gasteiger charge is -2.14. The second-order valence-electron chi connectivity index (χ2n) is 4.65. The molecule has 0 bridgehead atoms. The summed E-state index contributed by atoms with van der Waals surface area (Å²) in [6.45, 7) is 4.34. The first kappa shape index (κ1) is 15.0. The fraction of sp³-hybridized carbons (Fsp3) is 0.714. The van der Waals surface area contributed by atoms with Gasteiger partial charge < -0.3 is 5.32 Å². The Labute approximate surface area is 115 Å². The maximum Gasteiger partial charge on any atom is 0.0960 e. The van der Waals surface area contributed by atoms with Crippen LogP contribution in [0.5, 0.6) is 0 Å². The van der Waals surface area contributed by atoms with Crippen molar-refractivity contribution in [2.75, 3.05) is 7.05 Å². The van der Waals surface area contributed by atoms with E-state index in [-0.39, 0.29) is 0 Å². The van der Waals surface area contributed by atoms with Crippen LogP contribution in [0.4, 0.5) is 0 Å². The topological polar surface area (TPSA) is 12.0 Å². The minimum Gasteiger partial charge on any atom is -0.312 e. The predicted molar refractivity (Wildman–Crippen MR) is 79.2 cm³/mol. The number of thiophene rings is 1. The SMILES string of the molecule is CCCCCCCC(NC)c1cc(C)c(Cl)s1. The molecule has 0 fully saturated rings. The summed E-state index contributed by atoms with van der Waals surface area (Å²) in [5, 5.41) is 3.40. The lowest BCUT2D eigenvalue weighted by atomic mass is 10.1. The molecule has 0 saturated heterocycles. The molecule has 0 amide bonds. The number of halogens is 1. The van der Waals surface area contributed by atoms with Crippen LogP contribution in [0.15, 0.2) is 6.07 Å². The van der Waals surface area contributed by atoms with E-state index in [0.717, 1.165) is 4.34 Å². The van der Waals surface area contributed by atoms with Crippen LogP contribution in [0.25, 0.3) is 0 Å². The Bertz CT molecular complexity index is 303. The first-order chi connectivity index (χ1) is 8.19. The lowest BCUT2D eigenvalue weighted by Crippen LogP contribution is -2.14. The summed E-state index contributed by atoms with van der Waals surface area (Å²) in [6.07, 6.45) is 7.93. The number of aryl methyl sites for hydroxylation is 1. The average molecular weight is 274 g/mol. The molecular formula is C14H24ClNS. The van der Waals surface area contributed by atoms with E-state index in [4.69, 9.17) is 11.6 Å². The highest BCUT2D eigenvalue weighted by Crippen LogP contribution is 2.33. The molecule has 17 heavy (non-hydrogen) atoms. The Hall–Kier alpha value is -0.0500. The Kier molecular flexibility index (Phi) is 7.17. The molecule has 0 aliphatic carbocycles. The van der Waals surface area contributed by atoms with Crippen molar-refractivity contribution in [1.29, 1.82) is 0 Å². The van der Waals surface area contributed by atoms with Crippen molar-refractivity contribution in [3.05, 3.63) is 20.8 Å². The second-order valence-corrected chi connectivity index (χ2v) is 6.34. The van der Waals surface area contributed by atoms with Gasteiger partial charge in [-0.05, 0) is 32.0 Å². The molecule has 0 saturated carbocycles. The second kappa shape index (κ2) is 8.12. The average Bonchev–Trinajstić information content (AvgIpc) is 2.64. The molecule has 1 heterocycles. The van der Waals surface area contributed by atoms with Crippen LogP contribution in [0.1, 0.15) is 61.9 Å². The van der Waals surface area contributed by atoms with Crippen LogP contribution in [0.2, 0.25) is 4.34 Å². The van der Waals surface area contributed by atoms with Gasteiger partial charge in [-0.25, -0.2) is 0 Å². The van der Waals surface area contributed by atoms with Crippen LogP contribution in [-0.4, -0.2) is 7.05 Å². The van der Waals surface area contributed by atoms with Gasteiger partial charge in [-0.3, -0.25) is 0 Å². The number of nitrogens with one attached hydrogen (secondary N) is 1. The van der Waals surface area contributed by atoms with Crippen LogP contribution in [-0.2, 0) is 0 Å². The van der Waals surface area contributed by atoms with Gasteiger partial charge in [-0.2, -0.15) is 0 Å². The van der Waals surface area contributed by atoms with Gasteiger partial charge in [0, 0.05) is 10.9 Å². The first-order valence-electron chi connectivity index (χ1n) is 6.62. The predicted octanol–water partition coefficient (Wildman–Crippen LogP) is 5.33. The van der Waals surface area contributed by atoms with E-state index < -0.39 is 0 Å². The summed E-state index contributed by atoms with van der Waals surface area (Å²) in [7, 11) is 2.04. The zero-order valence-corrected chi connectivity index (χ0v) is 12.8. The molecule has 3 heteroatoms. The van der Waals surface area contributed by atoms with E-state index in [1.807, 2.05) is 7.05 Å². The fourth-order valence-electron chi connectivity index (χ4n) is 2.04. The Morgan fingerprint density at radius 2 is 2.00 bits per heavy atom. The molecule has 0 spiro atoms. The summed E-state index contributed by atoms with van der Waals surface area (Å²) in [4.78, 5) is 1.38. The smallest absolute Gasteiger partial charge is 0.0960 e. The highest BCUT2D eigenvalue weighted by atomic mass is 35.5. The number of rotatable bonds is 8. The van der Waals surface area contributed by atoms with Gasteiger partial charge in [0.2, 0.25) is 0 Å². The minimum absolute atomic E-state index is 0.479. The van der Waals surface area contributed by atoms with Gasteiger partial charge in [-0.1, -0.05) is 50.6 Å². The summed E-state index contributed by atoms with van der Waals surface area (Å²) in [6, 6.07) is 2.70. The highest BCUT2D eigenvalue weighted by molar-refractivity contribution is 7.16. The van der Waals surface area contributed by atoms with Crippen molar-refractivity contribution in [2.24, 2.45) is 0 Å². The van der Waals surface area contributed by atoms with Gasteiger partial charge in [-0.15, -0.1) is 11.3 Å². The summed E-state index contributed by atoms with van der Waals surface area (Å²) in [5.41, 5.74) is 1.21. The van der Waals surface area contributed by atoms with E-state index in [0.29, 0.717) is 6.04 Å². The van der Waals surface area contributed by atoms with Crippen molar-refractivity contribution >= 4 is 22.9 Å². The largest absolute Gasteiger partial charge is 0.312 e. The summed E-state index contributed by atoms with van der Waals surface area (Å²) in [5.74, 6) is 0. The van der Waals surface area contributed by atoms with E-state index in [9.17, 15) is 0 Å². The molecule has 1 nitrogen and oxygen atoms in total. The molecule has 1 unspecified atom stereocenters. The zero-order chi connectivity index (χ0) is 12.7. The van der Waals surface area contributed by atoms with Crippen molar-refractivity contribution in [1.82, 2.24) is 5.32 Å². The van der Waals surface area contributed by atoms with Crippen LogP contribution in [0.3, 0.4) is 0 Å². The number of unbranched alkanes of at least 4 members (excludes halogenated alkanes) is 4. The van der Waals surface area contributed by atoms with E-state index >= 15 is 0 Å². The normalized spacial score (nSPS) is 12.9. The molecule has 0 aromatic carbocycles. The lowest BCUT2D eigenvalue weighted by molar-refractivity contribution is 0.506. The van der Waals surface area contributed by atoms with E-state index in [2.05, 4.69) is 25.2 Å². The minimum atomic E-state index is 0.479. The number of hydrogen-bond acceptors (Lipinski definition) is 2. The van der Waals surface area contributed by atoms with Gasteiger partial charge in [0.1, 0.15) is 0 Å². The molecule has 1 atom stereocenters. The van der Waals surface area contributed by atoms with Crippen LogP contribution in [0, 0.1) is 6.92 Å². The van der Waals surface area contributed by atoms with Crippen molar-refractivity contribution in [3.63, 3.8) is 0 Å². The maximum absolute atomic E-state index is 6.12. The molecule has 0 aliphatic rings. The van der Waals surface area contributed by atoms with Gasteiger partial charge in [0.15, 0.2) is 0 Å². The third-order valence-electron chi connectivity index (χ3n) is 3.16. The van der Waals surface area contributed by atoms with Gasteiger partial charge in [0.05, 0.1) is 4.34 Å². The van der Waals surface area contributed by atoms with E-state index in [1.165, 1.54) is 49.0 Å². The highest BCUT2D eigenvalue weighted by Gasteiger charge is 2.13. The van der Waals surface area contributed by atoms with Crippen molar-refractivity contribution in [3.8, 4) is 0 Å². The molecule has 1 aromatic rings. The Balaban J connectivity index is 2.38. The summed E-state index contributed by atoms with van der Waals surface area (Å²) >= 11 is 7.84. The third kappa shape index (κ3) is 4.99. The van der Waals surface area contributed by atoms with Crippen LogP contribution < -0.4 is 5.32 Å². The fourth-order valence-corrected chi connectivity index (χ4v) is 3.40. The van der Waals surface area contributed by atoms with E-state index in [1.54, 1.807) is 11.3 Å². The molecule has 0 aliphatic heterocycles. The van der Waals surface area contributed by atoms with Gasteiger partial charge >= 0.3 is 0 Å². The van der Waals surface area contributed by atoms with Crippen LogP contribution >= 0.6 is 22.9 Å². The number of hydrogen-bond donors (Lipinski definition) is 1.